The van der Waals surface area contributed by atoms with Crippen molar-refractivity contribution in [3.8, 4) is 5.75 Å². The fourth-order valence-electron chi connectivity index (χ4n) is 2.47. The SMILES string of the molecule is Cc1ccc(OCCN2C[C@@H](C)O[C@@H](C)C2)c(Cl)c1. The third-order valence-electron chi connectivity index (χ3n) is 3.25. The van der Waals surface area contributed by atoms with Crippen LogP contribution < -0.4 is 4.74 Å². The Morgan fingerprint density at radius 1 is 1.32 bits per heavy atom. The molecule has 19 heavy (non-hydrogen) atoms. The molecule has 106 valence electrons. The molecule has 3 nitrogen and oxygen atoms in total. The Hall–Kier alpha value is -0.770. The predicted molar refractivity (Wildman–Crippen MR) is 78.1 cm³/mol. The molecule has 0 bridgehead atoms. The number of benzene rings is 1. The molecule has 0 aliphatic carbocycles. The molecule has 2 rings (SSSR count). The summed E-state index contributed by atoms with van der Waals surface area (Å²) in [7, 11) is 0. The molecule has 0 aromatic heterocycles. The molecule has 1 heterocycles. The Bertz CT molecular complexity index is 415. The quantitative estimate of drug-likeness (QED) is 0.847. The second kappa shape index (κ2) is 6.60. The number of rotatable bonds is 4. The lowest BCUT2D eigenvalue weighted by Gasteiger charge is -2.35. The average molecular weight is 284 g/mol. The summed E-state index contributed by atoms with van der Waals surface area (Å²) in [6.07, 6.45) is 0.596. The lowest BCUT2D eigenvalue weighted by molar-refractivity contribution is -0.0699. The molecule has 1 aromatic carbocycles. The monoisotopic (exact) mass is 283 g/mol. The van der Waals surface area contributed by atoms with Crippen molar-refractivity contribution in [2.24, 2.45) is 0 Å². The van der Waals surface area contributed by atoms with E-state index in [4.69, 9.17) is 21.1 Å². The molecular formula is C15H22ClNO2. The Morgan fingerprint density at radius 3 is 2.63 bits per heavy atom. The highest BCUT2D eigenvalue weighted by atomic mass is 35.5. The van der Waals surface area contributed by atoms with Crippen molar-refractivity contribution in [3.63, 3.8) is 0 Å². The van der Waals surface area contributed by atoms with E-state index in [-0.39, 0.29) is 0 Å². The van der Waals surface area contributed by atoms with E-state index in [1.54, 1.807) is 0 Å². The highest BCUT2D eigenvalue weighted by molar-refractivity contribution is 6.32. The molecule has 0 radical (unpaired) electrons. The molecule has 2 atom stereocenters. The minimum absolute atomic E-state index is 0.298. The first-order valence-corrected chi connectivity index (χ1v) is 7.19. The van der Waals surface area contributed by atoms with E-state index in [2.05, 4.69) is 18.7 Å². The summed E-state index contributed by atoms with van der Waals surface area (Å²) in [5.41, 5.74) is 1.15. The summed E-state index contributed by atoms with van der Waals surface area (Å²) in [4.78, 5) is 2.38. The fourth-order valence-corrected chi connectivity index (χ4v) is 2.76. The lowest BCUT2D eigenvalue weighted by Crippen LogP contribution is -2.46. The highest BCUT2D eigenvalue weighted by Crippen LogP contribution is 2.25. The van der Waals surface area contributed by atoms with E-state index < -0.39 is 0 Å². The van der Waals surface area contributed by atoms with E-state index in [0.717, 1.165) is 30.9 Å². The summed E-state index contributed by atoms with van der Waals surface area (Å²) in [6, 6.07) is 5.87. The van der Waals surface area contributed by atoms with Crippen LogP contribution in [0.2, 0.25) is 5.02 Å². The van der Waals surface area contributed by atoms with Crippen molar-refractivity contribution in [2.45, 2.75) is 33.0 Å². The molecule has 1 aromatic rings. The van der Waals surface area contributed by atoms with Crippen LogP contribution in [0.1, 0.15) is 19.4 Å². The fraction of sp³-hybridized carbons (Fsp3) is 0.600. The van der Waals surface area contributed by atoms with Crippen molar-refractivity contribution >= 4 is 11.6 Å². The minimum atomic E-state index is 0.298. The van der Waals surface area contributed by atoms with Crippen LogP contribution >= 0.6 is 11.6 Å². The van der Waals surface area contributed by atoms with Crippen LogP contribution in [0.5, 0.6) is 5.75 Å². The molecule has 0 unspecified atom stereocenters. The molecule has 0 spiro atoms. The third kappa shape index (κ3) is 4.37. The van der Waals surface area contributed by atoms with Crippen LogP contribution in [0.25, 0.3) is 0 Å². The maximum Gasteiger partial charge on any atom is 0.137 e. The van der Waals surface area contributed by atoms with Gasteiger partial charge in [-0.1, -0.05) is 17.7 Å². The number of nitrogens with zero attached hydrogens (tertiary/aromatic N) is 1. The number of morpholine rings is 1. The van der Waals surface area contributed by atoms with Crippen LogP contribution in [-0.4, -0.2) is 43.3 Å². The molecule has 1 fully saturated rings. The number of aryl methyl sites for hydroxylation is 1. The van der Waals surface area contributed by atoms with Gasteiger partial charge in [0.1, 0.15) is 12.4 Å². The van der Waals surface area contributed by atoms with Gasteiger partial charge in [-0.25, -0.2) is 0 Å². The van der Waals surface area contributed by atoms with Crippen LogP contribution in [0.15, 0.2) is 18.2 Å². The number of hydrogen-bond acceptors (Lipinski definition) is 3. The van der Waals surface area contributed by atoms with Gasteiger partial charge in [-0.2, -0.15) is 0 Å². The molecule has 1 aliphatic rings. The van der Waals surface area contributed by atoms with Gasteiger partial charge >= 0.3 is 0 Å². The zero-order chi connectivity index (χ0) is 13.8. The van der Waals surface area contributed by atoms with Crippen LogP contribution in [0.3, 0.4) is 0 Å². The van der Waals surface area contributed by atoms with E-state index in [1.807, 2.05) is 25.1 Å². The topological polar surface area (TPSA) is 21.7 Å². The second-order valence-electron chi connectivity index (χ2n) is 5.30. The van der Waals surface area contributed by atoms with Crippen molar-refractivity contribution in [3.05, 3.63) is 28.8 Å². The van der Waals surface area contributed by atoms with Gasteiger partial charge in [-0.05, 0) is 38.5 Å². The summed E-state index contributed by atoms with van der Waals surface area (Å²) in [6.45, 7) is 9.74. The predicted octanol–water partition coefficient (Wildman–Crippen LogP) is 3.14. The normalized spacial score (nSPS) is 24.4. The maximum atomic E-state index is 6.14. The Balaban J connectivity index is 1.80. The molecule has 4 heteroatoms. The Labute approximate surface area is 120 Å². The average Bonchev–Trinajstić information content (AvgIpc) is 2.30. The van der Waals surface area contributed by atoms with E-state index in [0.29, 0.717) is 23.8 Å². The molecule has 0 N–H and O–H groups in total. The minimum Gasteiger partial charge on any atom is -0.491 e. The number of halogens is 1. The van der Waals surface area contributed by atoms with Crippen molar-refractivity contribution in [1.82, 2.24) is 4.90 Å². The van der Waals surface area contributed by atoms with Crippen LogP contribution in [0, 0.1) is 6.92 Å². The van der Waals surface area contributed by atoms with Crippen LogP contribution in [-0.2, 0) is 4.74 Å². The van der Waals surface area contributed by atoms with Gasteiger partial charge in [0.2, 0.25) is 0 Å². The van der Waals surface area contributed by atoms with E-state index >= 15 is 0 Å². The number of hydrogen-bond donors (Lipinski definition) is 0. The molecule has 1 saturated heterocycles. The summed E-state index contributed by atoms with van der Waals surface area (Å²) in [5.74, 6) is 0.765. The first-order chi connectivity index (χ1) is 9.04. The smallest absolute Gasteiger partial charge is 0.137 e. The van der Waals surface area contributed by atoms with Gasteiger partial charge in [0.25, 0.3) is 0 Å². The Kier molecular flexibility index (Phi) is 5.08. The van der Waals surface area contributed by atoms with E-state index in [1.165, 1.54) is 0 Å². The molecule has 0 saturated carbocycles. The van der Waals surface area contributed by atoms with Gasteiger partial charge in [-0.3, -0.25) is 4.90 Å². The van der Waals surface area contributed by atoms with Crippen molar-refractivity contribution in [2.75, 3.05) is 26.2 Å². The largest absolute Gasteiger partial charge is 0.491 e. The van der Waals surface area contributed by atoms with Crippen molar-refractivity contribution in [1.29, 1.82) is 0 Å². The summed E-state index contributed by atoms with van der Waals surface area (Å²) in [5, 5.41) is 0.684. The Morgan fingerprint density at radius 2 is 2.00 bits per heavy atom. The first kappa shape index (κ1) is 14.6. The van der Waals surface area contributed by atoms with Crippen molar-refractivity contribution < 1.29 is 9.47 Å². The molecule has 0 amide bonds. The maximum absolute atomic E-state index is 6.14. The first-order valence-electron chi connectivity index (χ1n) is 6.81. The zero-order valence-corrected chi connectivity index (χ0v) is 12.6. The number of ether oxygens (including phenoxy) is 2. The van der Waals surface area contributed by atoms with Gasteiger partial charge in [0.05, 0.1) is 17.2 Å². The zero-order valence-electron chi connectivity index (χ0n) is 11.9. The van der Waals surface area contributed by atoms with Crippen LogP contribution in [0.4, 0.5) is 0 Å². The molecular weight excluding hydrogens is 262 g/mol. The summed E-state index contributed by atoms with van der Waals surface area (Å²) < 4.78 is 11.5. The van der Waals surface area contributed by atoms with Gasteiger partial charge in [0, 0.05) is 19.6 Å². The van der Waals surface area contributed by atoms with E-state index in [9.17, 15) is 0 Å². The summed E-state index contributed by atoms with van der Waals surface area (Å²) >= 11 is 6.14. The third-order valence-corrected chi connectivity index (χ3v) is 3.54. The molecule has 1 aliphatic heterocycles. The second-order valence-corrected chi connectivity index (χ2v) is 5.71. The van der Waals surface area contributed by atoms with Gasteiger partial charge < -0.3 is 9.47 Å². The van der Waals surface area contributed by atoms with Gasteiger partial charge in [0.15, 0.2) is 0 Å². The highest BCUT2D eigenvalue weighted by Gasteiger charge is 2.21. The lowest BCUT2D eigenvalue weighted by atomic mass is 10.2. The standard InChI is InChI=1S/C15H22ClNO2/c1-11-4-5-15(14(16)8-11)18-7-6-17-9-12(2)19-13(3)10-17/h4-5,8,12-13H,6-7,9-10H2,1-3H3/t12-,13+. The van der Waals surface area contributed by atoms with Gasteiger partial charge in [-0.15, -0.1) is 0 Å².